The number of hydrogen-bond donors (Lipinski definition) is 1. The van der Waals surface area contributed by atoms with Crippen molar-refractivity contribution < 1.29 is 14.4 Å². The first kappa shape index (κ1) is 22.0. The maximum Gasteiger partial charge on any atom is 0.331 e. The van der Waals surface area contributed by atoms with Crippen LogP contribution in [0.2, 0.25) is 5.02 Å². The molecule has 3 aliphatic rings. The van der Waals surface area contributed by atoms with Gasteiger partial charge in [0, 0.05) is 23.4 Å². The van der Waals surface area contributed by atoms with Crippen LogP contribution in [0.25, 0.3) is 10.9 Å². The Morgan fingerprint density at radius 2 is 1.94 bits per heavy atom. The molecule has 7 nitrogen and oxygen atoms in total. The molecule has 178 valence electrons. The summed E-state index contributed by atoms with van der Waals surface area (Å²) in [5, 5.41) is 3.95. The molecule has 1 N–H and O–H groups in total. The van der Waals surface area contributed by atoms with Crippen molar-refractivity contribution in [3.05, 3.63) is 70.2 Å². The lowest BCUT2D eigenvalue weighted by Crippen LogP contribution is -2.72. The summed E-state index contributed by atoms with van der Waals surface area (Å²) in [5.41, 5.74) is 2.12. The van der Waals surface area contributed by atoms with Gasteiger partial charge in [-0.05, 0) is 61.6 Å². The lowest BCUT2D eigenvalue weighted by Gasteiger charge is -2.53. The maximum absolute atomic E-state index is 14.2. The maximum atomic E-state index is 14.2. The van der Waals surface area contributed by atoms with Crippen molar-refractivity contribution in [1.29, 1.82) is 0 Å². The zero-order valence-corrected chi connectivity index (χ0v) is 20.1. The number of aryl methyl sites for hydroxylation is 1. The van der Waals surface area contributed by atoms with Crippen LogP contribution in [0.3, 0.4) is 0 Å². The van der Waals surface area contributed by atoms with Crippen molar-refractivity contribution in [3.63, 3.8) is 0 Å². The van der Waals surface area contributed by atoms with Crippen LogP contribution in [0.1, 0.15) is 36.0 Å². The zero-order valence-electron chi connectivity index (χ0n) is 19.4. The highest BCUT2D eigenvalue weighted by molar-refractivity contribution is 6.31. The van der Waals surface area contributed by atoms with Gasteiger partial charge in [0.1, 0.15) is 5.82 Å². The van der Waals surface area contributed by atoms with Gasteiger partial charge in [0.15, 0.2) is 5.41 Å². The van der Waals surface area contributed by atoms with E-state index in [0.717, 1.165) is 45.6 Å². The van der Waals surface area contributed by atoms with Crippen LogP contribution in [0.15, 0.2) is 48.5 Å². The van der Waals surface area contributed by atoms with Crippen LogP contribution in [-0.4, -0.2) is 40.3 Å². The van der Waals surface area contributed by atoms with E-state index in [4.69, 9.17) is 16.6 Å². The first-order valence-corrected chi connectivity index (χ1v) is 12.3. The Morgan fingerprint density at radius 3 is 2.77 bits per heavy atom. The molecule has 35 heavy (non-hydrogen) atoms. The summed E-state index contributed by atoms with van der Waals surface area (Å²) in [4.78, 5) is 48.9. The quantitative estimate of drug-likeness (QED) is 0.541. The number of hydrogen-bond acceptors (Lipinski definition) is 5. The van der Waals surface area contributed by atoms with Crippen LogP contribution in [0.5, 0.6) is 0 Å². The average molecular weight is 489 g/mol. The molecule has 2 saturated heterocycles. The van der Waals surface area contributed by atoms with Crippen molar-refractivity contribution in [2.75, 3.05) is 11.4 Å². The molecule has 6 rings (SSSR count). The van der Waals surface area contributed by atoms with Crippen LogP contribution >= 0.6 is 11.6 Å². The van der Waals surface area contributed by atoms with E-state index in [1.54, 1.807) is 18.2 Å². The number of imide groups is 2. The van der Waals surface area contributed by atoms with Crippen molar-refractivity contribution in [1.82, 2.24) is 15.2 Å². The Morgan fingerprint density at radius 1 is 1.11 bits per heavy atom. The van der Waals surface area contributed by atoms with Gasteiger partial charge in [-0.15, -0.1) is 0 Å². The minimum absolute atomic E-state index is 0.00805. The second kappa shape index (κ2) is 8.05. The van der Waals surface area contributed by atoms with Gasteiger partial charge < -0.3 is 4.90 Å². The number of rotatable bonds is 2. The van der Waals surface area contributed by atoms with E-state index in [1.165, 1.54) is 0 Å². The van der Waals surface area contributed by atoms with Gasteiger partial charge in [-0.2, -0.15) is 0 Å². The topological polar surface area (TPSA) is 82.6 Å². The highest BCUT2D eigenvalue weighted by Crippen LogP contribution is 2.47. The van der Waals surface area contributed by atoms with Gasteiger partial charge in [-0.3, -0.25) is 19.8 Å². The molecular weight excluding hydrogens is 464 g/mol. The molecule has 3 aromatic rings. The monoisotopic (exact) mass is 488 g/mol. The number of aromatic nitrogens is 1. The van der Waals surface area contributed by atoms with Crippen molar-refractivity contribution in [2.24, 2.45) is 5.41 Å². The molecule has 2 aromatic carbocycles. The third-order valence-electron chi connectivity index (χ3n) is 7.62. The summed E-state index contributed by atoms with van der Waals surface area (Å²) >= 11 is 6.34. The van der Waals surface area contributed by atoms with E-state index < -0.39 is 23.3 Å². The van der Waals surface area contributed by atoms with E-state index in [0.29, 0.717) is 23.6 Å². The van der Waals surface area contributed by atoms with Crippen molar-refractivity contribution in [2.45, 2.75) is 45.2 Å². The lowest BCUT2D eigenvalue weighted by molar-refractivity contribution is -0.154. The number of urea groups is 1. The van der Waals surface area contributed by atoms with Gasteiger partial charge >= 0.3 is 6.03 Å². The number of pyridine rings is 1. The zero-order chi connectivity index (χ0) is 24.3. The van der Waals surface area contributed by atoms with Crippen LogP contribution in [0.4, 0.5) is 10.6 Å². The number of benzene rings is 2. The Labute approximate surface area is 208 Å². The molecule has 1 spiro atoms. The number of carbonyl (C=O) groups is 3. The number of anilines is 1. The van der Waals surface area contributed by atoms with Crippen molar-refractivity contribution in [3.8, 4) is 0 Å². The van der Waals surface area contributed by atoms with Crippen molar-refractivity contribution >= 4 is 46.2 Å². The Balaban J connectivity index is 1.48. The summed E-state index contributed by atoms with van der Waals surface area (Å²) in [6, 6.07) is 14.2. The largest absolute Gasteiger partial charge is 0.352 e. The van der Waals surface area contributed by atoms with E-state index in [2.05, 4.69) is 16.3 Å². The predicted molar refractivity (Wildman–Crippen MR) is 133 cm³/mol. The van der Waals surface area contributed by atoms with E-state index in [9.17, 15) is 14.4 Å². The van der Waals surface area contributed by atoms with Gasteiger partial charge in [0.05, 0.1) is 18.1 Å². The Bertz CT molecular complexity index is 1410. The number of halogens is 1. The highest BCUT2D eigenvalue weighted by Gasteiger charge is 2.62. The van der Waals surface area contributed by atoms with Crippen LogP contribution in [-0.2, 0) is 22.6 Å². The lowest BCUT2D eigenvalue weighted by atomic mass is 9.66. The van der Waals surface area contributed by atoms with Gasteiger partial charge in [0.2, 0.25) is 11.8 Å². The number of amides is 4. The number of fused-ring (bicyclic) bond motifs is 5. The SMILES string of the molecule is Cc1ccc2nc3c(cc2c1)CC1(C(=O)NC(=O)N(Cc2ccccc2Cl)C1=O)C1CCCCN31. The molecule has 0 radical (unpaired) electrons. The highest BCUT2D eigenvalue weighted by atomic mass is 35.5. The fraction of sp³-hybridized carbons (Fsp3) is 0.333. The number of nitrogens with zero attached hydrogens (tertiary/aromatic N) is 3. The number of barbiturate groups is 1. The molecule has 2 unspecified atom stereocenters. The standard InChI is InChI=1S/C27H25ClN4O3/c1-16-9-10-21-18(12-16)13-19-14-27(22-8-4-5-11-31(22)23(19)29-21)24(33)30-26(35)32(25(27)34)15-17-6-2-3-7-20(17)28/h2-3,6-7,9-10,12-13,22H,4-5,8,11,14-15H2,1H3,(H,30,33,35). The number of nitrogens with one attached hydrogen (secondary N) is 1. The minimum Gasteiger partial charge on any atom is -0.352 e. The first-order chi connectivity index (χ1) is 16.9. The third-order valence-corrected chi connectivity index (χ3v) is 7.99. The summed E-state index contributed by atoms with van der Waals surface area (Å²) in [6.07, 6.45) is 2.75. The second-order valence-corrected chi connectivity index (χ2v) is 10.2. The predicted octanol–water partition coefficient (Wildman–Crippen LogP) is 4.38. The molecule has 2 fully saturated rings. The molecule has 3 aliphatic heterocycles. The smallest absolute Gasteiger partial charge is 0.331 e. The molecule has 0 aliphatic carbocycles. The molecule has 8 heteroatoms. The fourth-order valence-corrected chi connectivity index (χ4v) is 6.12. The molecule has 4 amide bonds. The Kier molecular flexibility index (Phi) is 5.07. The fourth-order valence-electron chi connectivity index (χ4n) is 5.92. The molecule has 0 bridgehead atoms. The summed E-state index contributed by atoms with van der Waals surface area (Å²) in [6.45, 7) is 2.74. The molecule has 1 aromatic heterocycles. The summed E-state index contributed by atoms with van der Waals surface area (Å²) < 4.78 is 0. The van der Waals surface area contributed by atoms with Crippen LogP contribution < -0.4 is 10.2 Å². The minimum atomic E-state index is -1.40. The molecule has 0 saturated carbocycles. The van der Waals surface area contributed by atoms with E-state index >= 15 is 0 Å². The van der Waals surface area contributed by atoms with E-state index in [-0.39, 0.29) is 19.0 Å². The Hall–Kier alpha value is -3.45. The third kappa shape index (κ3) is 3.32. The van der Waals surface area contributed by atoms with E-state index in [1.807, 2.05) is 31.2 Å². The molecule has 2 atom stereocenters. The first-order valence-electron chi connectivity index (χ1n) is 12.0. The normalized spacial score (nSPS) is 23.9. The average Bonchev–Trinajstić information content (AvgIpc) is 2.85. The van der Waals surface area contributed by atoms with Gasteiger partial charge in [-0.1, -0.05) is 41.4 Å². The number of carbonyl (C=O) groups excluding carboxylic acids is 3. The van der Waals surface area contributed by atoms with Crippen LogP contribution in [0, 0.1) is 12.3 Å². The summed E-state index contributed by atoms with van der Waals surface area (Å²) in [7, 11) is 0. The van der Waals surface area contributed by atoms with Gasteiger partial charge in [-0.25, -0.2) is 9.78 Å². The summed E-state index contributed by atoms with van der Waals surface area (Å²) in [5.74, 6) is -0.139. The van der Waals surface area contributed by atoms with Gasteiger partial charge in [0.25, 0.3) is 0 Å². The molecule has 4 heterocycles. The number of piperidine rings is 1. The second-order valence-electron chi connectivity index (χ2n) is 9.76. The molecular formula is C27H25ClN4O3.